The maximum absolute atomic E-state index is 5.44. The van der Waals surface area contributed by atoms with E-state index in [-0.39, 0.29) is 6.04 Å². The number of aryl methyl sites for hydroxylation is 3. The molecule has 0 fully saturated rings. The predicted octanol–water partition coefficient (Wildman–Crippen LogP) is 4.47. The molecule has 2 aromatic carbocycles. The SMILES string of the molecule is COc1ccccc1[C@@H](C)NCc1c(C)cc(C)cc1C. The van der Waals surface area contributed by atoms with Gasteiger partial charge < -0.3 is 10.1 Å². The molecule has 0 radical (unpaired) electrons. The number of methoxy groups -OCH3 is 1. The van der Waals surface area contributed by atoms with E-state index in [1.165, 1.54) is 27.8 Å². The first-order valence-corrected chi connectivity index (χ1v) is 7.46. The fraction of sp³-hybridized carbons (Fsp3) is 0.368. The standard InChI is InChI=1S/C19H25NO/c1-13-10-14(2)18(15(3)11-13)12-20-16(4)17-8-6-7-9-19(17)21-5/h6-11,16,20H,12H2,1-5H3/t16-/m1/s1. The number of hydrogen-bond donors (Lipinski definition) is 1. The molecule has 0 aliphatic heterocycles. The third kappa shape index (κ3) is 3.64. The summed E-state index contributed by atoms with van der Waals surface area (Å²) in [5.74, 6) is 0.940. The summed E-state index contributed by atoms with van der Waals surface area (Å²) in [6.45, 7) is 9.57. The Kier molecular flexibility index (Phi) is 5.03. The second kappa shape index (κ2) is 6.77. The van der Waals surface area contributed by atoms with Crippen LogP contribution in [0.3, 0.4) is 0 Å². The van der Waals surface area contributed by atoms with Gasteiger partial charge in [0.05, 0.1) is 7.11 Å². The van der Waals surface area contributed by atoms with Crippen LogP contribution in [0, 0.1) is 20.8 Å². The molecule has 0 saturated heterocycles. The molecule has 0 heterocycles. The number of rotatable bonds is 5. The number of para-hydroxylation sites is 1. The van der Waals surface area contributed by atoms with Crippen molar-refractivity contribution in [3.63, 3.8) is 0 Å². The molecule has 0 amide bonds. The van der Waals surface area contributed by atoms with Gasteiger partial charge in [0, 0.05) is 18.2 Å². The number of hydrogen-bond acceptors (Lipinski definition) is 2. The summed E-state index contributed by atoms with van der Waals surface area (Å²) >= 11 is 0. The monoisotopic (exact) mass is 283 g/mol. The van der Waals surface area contributed by atoms with Crippen molar-refractivity contribution < 1.29 is 4.74 Å². The Morgan fingerprint density at radius 2 is 1.67 bits per heavy atom. The van der Waals surface area contributed by atoms with E-state index in [0.29, 0.717) is 0 Å². The lowest BCUT2D eigenvalue weighted by Gasteiger charge is -2.19. The second-order valence-electron chi connectivity index (χ2n) is 5.72. The zero-order valence-electron chi connectivity index (χ0n) is 13.7. The summed E-state index contributed by atoms with van der Waals surface area (Å²) in [6.07, 6.45) is 0. The maximum Gasteiger partial charge on any atom is 0.123 e. The molecule has 0 aromatic heterocycles. The van der Waals surface area contributed by atoms with Crippen LogP contribution in [0.25, 0.3) is 0 Å². The summed E-state index contributed by atoms with van der Waals surface area (Å²) in [5.41, 5.74) is 6.62. The highest BCUT2D eigenvalue weighted by atomic mass is 16.5. The smallest absolute Gasteiger partial charge is 0.123 e. The van der Waals surface area contributed by atoms with Crippen LogP contribution in [-0.2, 0) is 6.54 Å². The fourth-order valence-corrected chi connectivity index (χ4v) is 2.88. The van der Waals surface area contributed by atoms with Gasteiger partial charge in [-0.3, -0.25) is 0 Å². The van der Waals surface area contributed by atoms with Crippen molar-refractivity contribution >= 4 is 0 Å². The molecule has 0 spiro atoms. The normalized spacial score (nSPS) is 12.2. The van der Waals surface area contributed by atoms with E-state index in [1.807, 2.05) is 12.1 Å². The van der Waals surface area contributed by atoms with Crippen LogP contribution in [-0.4, -0.2) is 7.11 Å². The Morgan fingerprint density at radius 3 is 2.29 bits per heavy atom. The topological polar surface area (TPSA) is 21.3 Å². The van der Waals surface area contributed by atoms with Gasteiger partial charge in [-0.25, -0.2) is 0 Å². The molecule has 1 N–H and O–H groups in total. The van der Waals surface area contributed by atoms with Crippen molar-refractivity contribution in [1.82, 2.24) is 5.32 Å². The predicted molar refractivity (Wildman–Crippen MR) is 88.9 cm³/mol. The molecule has 0 aliphatic rings. The lowest BCUT2D eigenvalue weighted by molar-refractivity contribution is 0.401. The first kappa shape index (κ1) is 15.6. The molecule has 1 atom stereocenters. The Balaban J connectivity index is 2.13. The minimum Gasteiger partial charge on any atom is -0.496 e. The van der Waals surface area contributed by atoms with E-state index in [9.17, 15) is 0 Å². The molecule has 2 nitrogen and oxygen atoms in total. The van der Waals surface area contributed by atoms with E-state index in [1.54, 1.807) is 7.11 Å². The maximum atomic E-state index is 5.44. The van der Waals surface area contributed by atoms with E-state index in [4.69, 9.17) is 4.74 Å². The molecule has 2 heteroatoms. The highest BCUT2D eigenvalue weighted by molar-refractivity contribution is 5.38. The summed E-state index contributed by atoms with van der Waals surface area (Å²) < 4.78 is 5.44. The third-order valence-electron chi connectivity index (χ3n) is 4.03. The molecule has 2 aromatic rings. The number of ether oxygens (including phenoxy) is 1. The number of nitrogens with one attached hydrogen (secondary N) is 1. The summed E-state index contributed by atoms with van der Waals surface area (Å²) in [7, 11) is 1.72. The Labute approximate surface area is 128 Å². The van der Waals surface area contributed by atoms with Gasteiger partial charge in [-0.2, -0.15) is 0 Å². The Hall–Kier alpha value is -1.80. The van der Waals surface area contributed by atoms with Gasteiger partial charge in [0.1, 0.15) is 5.75 Å². The molecule has 2 rings (SSSR count). The summed E-state index contributed by atoms with van der Waals surface area (Å²) in [4.78, 5) is 0. The van der Waals surface area contributed by atoms with Crippen molar-refractivity contribution in [3.05, 3.63) is 64.2 Å². The average molecular weight is 283 g/mol. The van der Waals surface area contributed by atoms with E-state index in [2.05, 4.69) is 57.3 Å². The molecule has 0 bridgehead atoms. The zero-order valence-corrected chi connectivity index (χ0v) is 13.7. The first-order chi connectivity index (χ1) is 10.0. The number of benzene rings is 2. The quantitative estimate of drug-likeness (QED) is 0.874. The Bertz CT molecular complexity index is 596. The first-order valence-electron chi connectivity index (χ1n) is 7.46. The highest BCUT2D eigenvalue weighted by Gasteiger charge is 2.11. The van der Waals surface area contributed by atoms with Crippen molar-refractivity contribution in [2.45, 2.75) is 40.3 Å². The third-order valence-corrected chi connectivity index (χ3v) is 4.03. The van der Waals surface area contributed by atoms with Gasteiger partial charge in [-0.15, -0.1) is 0 Å². The van der Waals surface area contributed by atoms with Gasteiger partial charge in [-0.1, -0.05) is 35.9 Å². The molecular weight excluding hydrogens is 258 g/mol. The zero-order chi connectivity index (χ0) is 15.4. The van der Waals surface area contributed by atoms with E-state index < -0.39 is 0 Å². The molecular formula is C19H25NO. The van der Waals surface area contributed by atoms with Crippen LogP contribution in [0.5, 0.6) is 5.75 Å². The fourth-order valence-electron chi connectivity index (χ4n) is 2.88. The second-order valence-corrected chi connectivity index (χ2v) is 5.72. The molecule has 0 saturated carbocycles. The lowest BCUT2D eigenvalue weighted by Crippen LogP contribution is -2.20. The van der Waals surface area contributed by atoms with E-state index in [0.717, 1.165) is 12.3 Å². The minimum absolute atomic E-state index is 0.251. The van der Waals surface area contributed by atoms with Crippen LogP contribution < -0.4 is 10.1 Å². The van der Waals surface area contributed by atoms with Gasteiger partial charge >= 0.3 is 0 Å². The highest BCUT2D eigenvalue weighted by Crippen LogP contribution is 2.25. The van der Waals surface area contributed by atoms with Gasteiger partial charge in [0.15, 0.2) is 0 Å². The van der Waals surface area contributed by atoms with Gasteiger partial charge in [0.25, 0.3) is 0 Å². The van der Waals surface area contributed by atoms with Gasteiger partial charge in [0.2, 0.25) is 0 Å². The minimum atomic E-state index is 0.251. The summed E-state index contributed by atoms with van der Waals surface area (Å²) in [6, 6.07) is 12.9. The van der Waals surface area contributed by atoms with Crippen molar-refractivity contribution in [2.24, 2.45) is 0 Å². The largest absolute Gasteiger partial charge is 0.496 e. The van der Waals surface area contributed by atoms with Crippen molar-refractivity contribution in [1.29, 1.82) is 0 Å². The van der Waals surface area contributed by atoms with Crippen molar-refractivity contribution in [3.8, 4) is 5.75 Å². The summed E-state index contributed by atoms with van der Waals surface area (Å²) in [5, 5.41) is 3.61. The van der Waals surface area contributed by atoms with Gasteiger partial charge in [-0.05, 0) is 50.5 Å². The van der Waals surface area contributed by atoms with Crippen LogP contribution in [0.2, 0.25) is 0 Å². The van der Waals surface area contributed by atoms with Crippen LogP contribution in [0.15, 0.2) is 36.4 Å². The van der Waals surface area contributed by atoms with Crippen LogP contribution in [0.1, 0.15) is 40.8 Å². The lowest BCUT2D eigenvalue weighted by atomic mass is 9.99. The van der Waals surface area contributed by atoms with Crippen LogP contribution >= 0.6 is 0 Å². The van der Waals surface area contributed by atoms with E-state index >= 15 is 0 Å². The molecule has 0 unspecified atom stereocenters. The van der Waals surface area contributed by atoms with Crippen LogP contribution in [0.4, 0.5) is 0 Å². The Morgan fingerprint density at radius 1 is 1.05 bits per heavy atom. The van der Waals surface area contributed by atoms with Crippen molar-refractivity contribution in [2.75, 3.05) is 7.11 Å². The average Bonchev–Trinajstić information content (AvgIpc) is 2.45. The molecule has 0 aliphatic carbocycles. The molecule has 112 valence electrons. The molecule has 21 heavy (non-hydrogen) atoms.